The first-order valence-corrected chi connectivity index (χ1v) is 5.76. The van der Waals surface area contributed by atoms with Crippen molar-refractivity contribution in [1.82, 2.24) is 5.32 Å². The van der Waals surface area contributed by atoms with Crippen molar-refractivity contribution in [2.45, 2.75) is 38.1 Å². The van der Waals surface area contributed by atoms with Gasteiger partial charge in [0.05, 0.1) is 0 Å². The van der Waals surface area contributed by atoms with Crippen LogP contribution in [0.5, 0.6) is 0 Å². The summed E-state index contributed by atoms with van der Waals surface area (Å²) in [6, 6.07) is 6.86. The van der Waals surface area contributed by atoms with Crippen molar-refractivity contribution in [3.05, 3.63) is 34.9 Å². The maximum absolute atomic E-state index is 3.53. The quantitative estimate of drug-likeness (QED) is 0.658. The van der Waals surface area contributed by atoms with Crippen LogP contribution < -0.4 is 5.32 Å². The fourth-order valence-corrected chi connectivity index (χ4v) is 3.00. The zero-order valence-electron chi connectivity index (χ0n) is 8.55. The van der Waals surface area contributed by atoms with E-state index < -0.39 is 0 Å². The van der Waals surface area contributed by atoms with E-state index in [1.165, 1.54) is 32.2 Å². The van der Waals surface area contributed by atoms with Crippen LogP contribution in [0.25, 0.3) is 0 Å². The molecule has 0 saturated carbocycles. The summed E-state index contributed by atoms with van der Waals surface area (Å²) in [7, 11) is 0. The van der Waals surface area contributed by atoms with Crippen molar-refractivity contribution in [1.29, 1.82) is 0 Å². The van der Waals surface area contributed by atoms with Crippen molar-refractivity contribution >= 4 is 0 Å². The first-order chi connectivity index (χ1) is 6.95. The van der Waals surface area contributed by atoms with Gasteiger partial charge in [0.15, 0.2) is 0 Å². The summed E-state index contributed by atoms with van der Waals surface area (Å²) < 4.78 is 0. The Balaban J connectivity index is 2.14. The van der Waals surface area contributed by atoms with E-state index in [0.29, 0.717) is 0 Å². The molecule has 1 unspecified atom stereocenters. The van der Waals surface area contributed by atoms with Gasteiger partial charge in [-0.2, -0.15) is 0 Å². The lowest BCUT2D eigenvalue weighted by atomic mass is 9.86. The number of aryl methyl sites for hydroxylation is 1. The Hall–Kier alpha value is -0.820. The molecular formula is C13H17N. The fourth-order valence-electron chi connectivity index (χ4n) is 3.00. The van der Waals surface area contributed by atoms with Crippen LogP contribution in [-0.2, 0) is 13.0 Å². The smallest absolute Gasteiger partial charge is 0.0208 e. The van der Waals surface area contributed by atoms with Gasteiger partial charge in [0, 0.05) is 13.1 Å². The molecule has 0 fully saturated rings. The molecule has 1 aliphatic carbocycles. The number of hydrogen-bond donors (Lipinski definition) is 1. The molecule has 0 radical (unpaired) electrons. The van der Waals surface area contributed by atoms with Crippen LogP contribution >= 0.6 is 0 Å². The SMILES string of the molecule is c1cc2c3c(c1)CNCC3CCCC2. The Morgan fingerprint density at radius 2 is 2.07 bits per heavy atom. The van der Waals surface area contributed by atoms with E-state index in [1.807, 2.05) is 0 Å². The van der Waals surface area contributed by atoms with Crippen molar-refractivity contribution in [3.63, 3.8) is 0 Å². The maximum Gasteiger partial charge on any atom is 0.0208 e. The van der Waals surface area contributed by atoms with E-state index in [9.17, 15) is 0 Å². The highest BCUT2D eigenvalue weighted by Gasteiger charge is 2.23. The summed E-state index contributed by atoms with van der Waals surface area (Å²) in [6.45, 7) is 2.28. The largest absolute Gasteiger partial charge is 0.312 e. The van der Waals surface area contributed by atoms with Gasteiger partial charge in [-0.15, -0.1) is 0 Å². The molecule has 1 atom stereocenters. The first-order valence-electron chi connectivity index (χ1n) is 5.76. The molecule has 0 aromatic heterocycles. The Bertz CT molecular complexity index is 343. The fraction of sp³-hybridized carbons (Fsp3) is 0.538. The third kappa shape index (κ3) is 1.27. The number of benzene rings is 1. The second-order valence-corrected chi connectivity index (χ2v) is 4.56. The summed E-state index contributed by atoms with van der Waals surface area (Å²) in [5.41, 5.74) is 4.89. The van der Waals surface area contributed by atoms with Crippen LogP contribution in [0.4, 0.5) is 0 Å². The average Bonchev–Trinajstić information content (AvgIpc) is 2.44. The normalized spacial score (nSPS) is 25.3. The van der Waals surface area contributed by atoms with Crippen molar-refractivity contribution in [3.8, 4) is 0 Å². The summed E-state index contributed by atoms with van der Waals surface area (Å²) in [4.78, 5) is 0. The number of nitrogens with one attached hydrogen (secondary N) is 1. The van der Waals surface area contributed by atoms with Crippen LogP contribution in [-0.4, -0.2) is 6.54 Å². The average molecular weight is 187 g/mol. The van der Waals surface area contributed by atoms with E-state index >= 15 is 0 Å². The van der Waals surface area contributed by atoms with Crippen LogP contribution in [0.15, 0.2) is 18.2 Å². The molecule has 14 heavy (non-hydrogen) atoms. The molecule has 0 bridgehead atoms. The summed E-state index contributed by atoms with van der Waals surface area (Å²) in [6.07, 6.45) is 5.48. The first kappa shape index (κ1) is 8.49. The Labute approximate surface area is 85.5 Å². The molecule has 0 spiro atoms. The number of hydrogen-bond acceptors (Lipinski definition) is 1. The zero-order chi connectivity index (χ0) is 9.38. The summed E-state index contributed by atoms with van der Waals surface area (Å²) in [5.74, 6) is 0.803. The van der Waals surface area contributed by atoms with E-state index in [2.05, 4.69) is 23.5 Å². The molecule has 1 N–H and O–H groups in total. The van der Waals surface area contributed by atoms with Gasteiger partial charge in [0.25, 0.3) is 0 Å². The lowest BCUT2D eigenvalue weighted by Crippen LogP contribution is -2.28. The highest BCUT2D eigenvalue weighted by molar-refractivity contribution is 5.40. The highest BCUT2D eigenvalue weighted by atomic mass is 14.9. The highest BCUT2D eigenvalue weighted by Crippen LogP contribution is 2.34. The van der Waals surface area contributed by atoms with Gasteiger partial charge in [-0.25, -0.2) is 0 Å². The molecule has 1 heteroatoms. The predicted molar refractivity (Wildman–Crippen MR) is 58.4 cm³/mol. The standard InChI is InChI=1S/C13H17N/c1-2-5-11-8-14-9-12-7-3-6-10(4-1)13(11)12/h3,6-7,11,14H,1-2,4-5,8-9H2. The summed E-state index contributed by atoms with van der Waals surface area (Å²) in [5, 5.41) is 3.53. The Kier molecular flexibility index (Phi) is 2.06. The lowest BCUT2D eigenvalue weighted by molar-refractivity contribution is 0.507. The van der Waals surface area contributed by atoms with Crippen molar-refractivity contribution in [2.24, 2.45) is 0 Å². The van der Waals surface area contributed by atoms with Crippen molar-refractivity contribution < 1.29 is 0 Å². The molecule has 1 aromatic rings. The van der Waals surface area contributed by atoms with Gasteiger partial charge in [-0.3, -0.25) is 0 Å². The van der Waals surface area contributed by atoms with Crippen LogP contribution in [0.2, 0.25) is 0 Å². The van der Waals surface area contributed by atoms with E-state index in [1.54, 1.807) is 16.7 Å². The molecule has 0 amide bonds. The number of rotatable bonds is 0. The molecule has 74 valence electrons. The Morgan fingerprint density at radius 1 is 1.14 bits per heavy atom. The predicted octanol–water partition coefficient (Wildman–Crippen LogP) is 2.60. The van der Waals surface area contributed by atoms with E-state index in [4.69, 9.17) is 0 Å². The molecule has 1 nitrogen and oxygen atoms in total. The summed E-state index contributed by atoms with van der Waals surface area (Å²) >= 11 is 0. The molecule has 2 aliphatic rings. The van der Waals surface area contributed by atoms with Crippen LogP contribution in [0, 0.1) is 0 Å². The molecule has 1 aromatic carbocycles. The van der Waals surface area contributed by atoms with Gasteiger partial charge in [0.2, 0.25) is 0 Å². The Morgan fingerprint density at radius 3 is 3.07 bits per heavy atom. The maximum atomic E-state index is 3.53. The van der Waals surface area contributed by atoms with Gasteiger partial charge in [-0.1, -0.05) is 24.6 Å². The van der Waals surface area contributed by atoms with Gasteiger partial charge in [-0.05, 0) is 41.9 Å². The topological polar surface area (TPSA) is 12.0 Å². The lowest BCUT2D eigenvalue weighted by Gasteiger charge is -2.27. The van der Waals surface area contributed by atoms with Gasteiger partial charge < -0.3 is 5.32 Å². The third-order valence-electron chi connectivity index (χ3n) is 3.65. The van der Waals surface area contributed by atoms with E-state index in [-0.39, 0.29) is 0 Å². The minimum absolute atomic E-state index is 0.803. The third-order valence-corrected chi connectivity index (χ3v) is 3.65. The molecule has 0 saturated heterocycles. The van der Waals surface area contributed by atoms with E-state index in [0.717, 1.165) is 12.5 Å². The monoisotopic (exact) mass is 187 g/mol. The van der Waals surface area contributed by atoms with Gasteiger partial charge in [0.1, 0.15) is 0 Å². The minimum atomic E-state index is 0.803. The molecule has 3 rings (SSSR count). The molecule has 1 heterocycles. The zero-order valence-corrected chi connectivity index (χ0v) is 8.55. The van der Waals surface area contributed by atoms with Crippen LogP contribution in [0.1, 0.15) is 41.9 Å². The van der Waals surface area contributed by atoms with Gasteiger partial charge >= 0.3 is 0 Å². The van der Waals surface area contributed by atoms with Crippen molar-refractivity contribution in [2.75, 3.05) is 6.54 Å². The second-order valence-electron chi connectivity index (χ2n) is 4.56. The molecular weight excluding hydrogens is 170 g/mol. The minimum Gasteiger partial charge on any atom is -0.312 e. The molecule has 1 aliphatic heterocycles. The second kappa shape index (κ2) is 3.39. The van der Waals surface area contributed by atoms with Crippen LogP contribution in [0.3, 0.4) is 0 Å².